The molecule has 1 amide bonds. The molecule has 0 spiro atoms. The van der Waals surface area contributed by atoms with E-state index in [1.165, 1.54) is 31.7 Å². The molecule has 1 heterocycles. The number of nitrogens with zero attached hydrogens (tertiary/aromatic N) is 1. The van der Waals surface area contributed by atoms with Gasteiger partial charge in [-0.15, -0.1) is 0 Å². The Morgan fingerprint density at radius 1 is 1.45 bits per heavy atom. The number of amides is 1. The zero-order chi connectivity index (χ0) is 14.1. The highest BCUT2D eigenvalue weighted by Gasteiger charge is 2.39. The maximum absolute atomic E-state index is 12.0. The summed E-state index contributed by atoms with van der Waals surface area (Å²) in [4.78, 5) is 30.1. The van der Waals surface area contributed by atoms with E-state index in [4.69, 9.17) is 0 Å². The molecular formula is C15H21N3O2. The second-order valence-electron chi connectivity index (χ2n) is 6.25. The predicted molar refractivity (Wildman–Crippen MR) is 75.0 cm³/mol. The number of rotatable bonds is 4. The molecule has 3 unspecified atom stereocenters. The SMILES string of the molecule is Cc1cc(=O)[nH]c(CNC(=O)CC2CC3CCC2C3)n1. The number of aryl methyl sites for hydroxylation is 1. The van der Waals surface area contributed by atoms with Crippen molar-refractivity contribution in [2.24, 2.45) is 17.8 Å². The molecule has 108 valence electrons. The molecule has 1 aromatic rings. The van der Waals surface area contributed by atoms with Gasteiger partial charge in [0, 0.05) is 18.2 Å². The first-order chi connectivity index (χ1) is 9.60. The van der Waals surface area contributed by atoms with E-state index in [1.54, 1.807) is 6.92 Å². The summed E-state index contributed by atoms with van der Waals surface area (Å²) in [7, 11) is 0. The molecule has 2 aliphatic rings. The Morgan fingerprint density at radius 2 is 2.30 bits per heavy atom. The van der Waals surface area contributed by atoms with Gasteiger partial charge in [0.05, 0.1) is 6.54 Å². The Bertz CT molecular complexity index is 566. The highest BCUT2D eigenvalue weighted by atomic mass is 16.1. The number of carbonyl (C=O) groups excluding carboxylic acids is 1. The lowest BCUT2D eigenvalue weighted by Crippen LogP contribution is -2.28. The molecule has 3 rings (SSSR count). The van der Waals surface area contributed by atoms with Crippen LogP contribution in [0, 0.1) is 24.7 Å². The maximum Gasteiger partial charge on any atom is 0.251 e. The van der Waals surface area contributed by atoms with Crippen LogP contribution in [0.4, 0.5) is 0 Å². The van der Waals surface area contributed by atoms with Crippen molar-refractivity contribution >= 4 is 5.91 Å². The van der Waals surface area contributed by atoms with Crippen LogP contribution in [0.5, 0.6) is 0 Å². The molecule has 20 heavy (non-hydrogen) atoms. The maximum atomic E-state index is 12.0. The molecule has 3 atom stereocenters. The third-order valence-electron chi connectivity index (χ3n) is 4.70. The number of carbonyl (C=O) groups is 1. The summed E-state index contributed by atoms with van der Waals surface area (Å²) in [5, 5.41) is 2.87. The van der Waals surface area contributed by atoms with Gasteiger partial charge in [0.2, 0.25) is 5.91 Å². The third kappa shape index (κ3) is 2.92. The minimum absolute atomic E-state index is 0.0757. The van der Waals surface area contributed by atoms with Gasteiger partial charge in [0.1, 0.15) is 5.82 Å². The number of hydrogen-bond acceptors (Lipinski definition) is 3. The predicted octanol–water partition coefficient (Wildman–Crippen LogP) is 1.52. The van der Waals surface area contributed by atoms with Crippen LogP contribution in [0.15, 0.2) is 10.9 Å². The van der Waals surface area contributed by atoms with Crippen LogP contribution in [-0.4, -0.2) is 15.9 Å². The van der Waals surface area contributed by atoms with Gasteiger partial charge in [-0.2, -0.15) is 0 Å². The van der Waals surface area contributed by atoms with E-state index < -0.39 is 0 Å². The van der Waals surface area contributed by atoms with Crippen molar-refractivity contribution in [3.8, 4) is 0 Å². The van der Waals surface area contributed by atoms with Crippen LogP contribution in [-0.2, 0) is 11.3 Å². The quantitative estimate of drug-likeness (QED) is 0.875. The van der Waals surface area contributed by atoms with Crippen LogP contribution in [0.25, 0.3) is 0 Å². The average molecular weight is 275 g/mol. The number of nitrogens with one attached hydrogen (secondary N) is 2. The normalized spacial score (nSPS) is 27.8. The number of H-pyrrole nitrogens is 1. The number of aromatic nitrogens is 2. The molecule has 2 aliphatic carbocycles. The molecule has 0 radical (unpaired) electrons. The average Bonchev–Trinajstić information content (AvgIpc) is 2.97. The molecule has 2 N–H and O–H groups in total. The molecule has 0 saturated heterocycles. The van der Waals surface area contributed by atoms with E-state index in [0.29, 0.717) is 30.4 Å². The van der Waals surface area contributed by atoms with Crippen LogP contribution in [0.2, 0.25) is 0 Å². The molecule has 0 aliphatic heterocycles. The molecule has 1 aromatic heterocycles. The van der Waals surface area contributed by atoms with Crippen LogP contribution in [0.1, 0.15) is 43.6 Å². The van der Waals surface area contributed by atoms with Crippen LogP contribution >= 0.6 is 0 Å². The van der Waals surface area contributed by atoms with E-state index in [0.717, 1.165) is 11.8 Å². The molecule has 2 fully saturated rings. The standard InChI is InChI=1S/C15H21N3O2/c1-9-4-15(20)18-13(17-9)8-16-14(19)7-12-6-10-2-3-11(12)5-10/h4,10-12H,2-3,5-8H2,1H3,(H,16,19)(H,17,18,20). The Hall–Kier alpha value is -1.65. The minimum atomic E-state index is -0.171. The Morgan fingerprint density at radius 3 is 2.95 bits per heavy atom. The zero-order valence-corrected chi connectivity index (χ0v) is 11.8. The Labute approximate surface area is 118 Å². The lowest BCUT2D eigenvalue weighted by molar-refractivity contribution is -0.122. The summed E-state index contributed by atoms with van der Waals surface area (Å²) in [5.74, 6) is 2.80. The summed E-state index contributed by atoms with van der Waals surface area (Å²) in [6.07, 6.45) is 5.83. The van der Waals surface area contributed by atoms with Crippen molar-refractivity contribution in [3.05, 3.63) is 27.9 Å². The third-order valence-corrected chi connectivity index (χ3v) is 4.70. The summed E-state index contributed by atoms with van der Waals surface area (Å²) < 4.78 is 0. The first kappa shape index (κ1) is 13.3. The summed E-state index contributed by atoms with van der Waals surface area (Å²) in [6, 6.07) is 1.45. The molecule has 0 aromatic carbocycles. The zero-order valence-electron chi connectivity index (χ0n) is 11.8. The molecule has 2 saturated carbocycles. The molecule has 2 bridgehead atoms. The van der Waals surface area contributed by atoms with Gasteiger partial charge in [-0.3, -0.25) is 9.59 Å². The van der Waals surface area contributed by atoms with Crippen molar-refractivity contribution in [1.29, 1.82) is 0 Å². The van der Waals surface area contributed by atoms with Crippen molar-refractivity contribution in [2.45, 2.75) is 45.6 Å². The molecule has 5 heteroatoms. The van der Waals surface area contributed by atoms with Crippen molar-refractivity contribution in [1.82, 2.24) is 15.3 Å². The number of hydrogen-bond donors (Lipinski definition) is 2. The first-order valence-corrected chi connectivity index (χ1v) is 7.43. The summed E-state index contributed by atoms with van der Waals surface area (Å²) in [6.45, 7) is 2.08. The highest BCUT2D eigenvalue weighted by Crippen LogP contribution is 2.49. The largest absolute Gasteiger partial charge is 0.349 e. The van der Waals surface area contributed by atoms with Gasteiger partial charge in [0.15, 0.2) is 0 Å². The van der Waals surface area contributed by atoms with E-state index in [9.17, 15) is 9.59 Å². The van der Waals surface area contributed by atoms with Gasteiger partial charge in [-0.05, 0) is 43.9 Å². The van der Waals surface area contributed by atoms with E-state index in [2.05, 4.69) is 15.3 Å². The summed E-state index contributed by atoms with van der Waals surface area (Å²) >= 11 is 0. The van der Waals surface area contributed by atoms with Gasteiger partial charge >= 0.3 is 0 Å². The monoisotopic (exact) mass is 275 g/mol. The van der Waals surface area contributed by atoms with E-state index >= 15 is 0 Å². The van der Waals surface area contributed by atoms with Gasteiger partial charge < -0.3 is 10.3 Å². The Kier molecular flexibility index (Phi) is 3.59. The van der Waals surface area contributed by atoms with Crippen LogP contribution in [0.3, 0.4) is 0 Å². The topological polar surface area (TPSA) is 74.8 Å². The summed E-state index contributed by atoms with van der Waals surface area (Å²) in [5.41, 5.74) is 0.501. The van der Waals surface area contributed by atoms with Crippen molar-refractivity contribution in [3.63, 3.8) is 0 Å². The minimum Gasteiger partial charge on any atom is -0.349 e. The van der Waals surface area contributed by atoms with Crippen molar-refractivity contribution < 1.29 is 4.79 Å². The fraction of sp³-hybridized carbons (Fsp3) is 0.667. The van der Waals surface area contributed by atoms with Gasteiger partial charge in [-0.1, -0.05) is 6.42 Å². The highest BCUT2D eigenvalue weighted by molar-refractivity contribution is 5.76. The van der Waals surface area contributed by atoms with E-state index in [1.807, 2.05) is 0 Å². The van der Waals surface area contributed by atoms with E-state index in [-0.39, 0.29) is 11.5 Å². The fourth-order valence-electron chi connectivity index (χ4n) is 3.84. The fourth-order valence-corrected chi connectivity index (χ4v) is 3.84. The Balaban J connectivity index is 1.51. The first-order valence-electron chi connectivity index (χ1n) is 7.43. The number of aromatic amines is 1. The van der Waals surface area contributed by atoms with Crippen LogP contribution < -0.4 is 10.9 Å². The second-order valence-corrected chi connectivity index (χ2v) is 6.25. The smallest absolute Gasteiger partial charge is 0.251 e. The second kappa shape index (κ2) is 5.38. The molecular weight excluding hydrogens is 254 g/mol. The molecule has 5 nitrogen and oxygen atoms in total. The van der Waals surface area contributed by atoms with Crippen molar-refractivity contribution in [2.75, 3.05) is 0 Å². The number of fused-ring (bicyclic) bond motifs is 2. The van der Waals surface area contributed by atoms with Gasteiger partial charge in [-0.25, -0.2) is 4.98 Å². The lowest BCUT2D eigenvalue weighted by Gasteiger charge is -2.20. The van der Waals surface area contributed by atoms with Gasteiger partial charge in [0.25, 0.3) is 5.56 Å². The lowest BCUT2D eigenvalue weighted by atomic mass is 9.86.